The summed E-state index contributed by atoms with van der Waals surface area (Å²) < 4.78 is 7.56. The first kappa shape index (κ1) is 16.9. The van der Waals surface area contributed by atoms with Crippen LogP contribution in [0.25, 0.3) is 11.2 Å². The van der Waals surface area contributed by atoms with E-state index in [0.717, 1.165) is 63.2 Å². The van der Waals surface area contributed by atoms with Crippen LogP contribution in [0, 0.1) is 0 Å². The topological polar surface area (TPSA) is 60.2 Å². The molecule has 0 aromatic carbocycles. The summed E-state index contributed by atoms with van der Waals surface area (Å²) in [5.41, 5.74) is 2.28. The molecule has 0 N–H and O–H groups in total. The van der Waals surface area contributed by atoms with E-state index in [0.29, 0.717) is 11.6 Å². The number of imidazole rings is 1. The average Bonchev–Trinajstić information content (AvgIpc) is 3.05. The van der Waals surface area contributed by atoms with Gasteiger partial charge in [-0.15, -0.1) is 0 Å². The van der Waals surface area contributed by atoms with Gasteiger partial charge in [-0.05, 0) is 31.7 Å². The van der Waals surface area contributed by atoms with Crippen LogP contribution in [0.2, 0.25) is 0 Å². The van der Waals surface area contributed by atoms with Crippen molar-refractivity contribution in [2.24, 2.45) is 0 Å². The minimum absolute atomic E-state index is 0.0497. The summed E-state index contributed by atoms with van der Waals surface area (Å²) in [6.45, 7) is 7.30. The van der Waals surface area contributed by atoms with Crippen LogP contribution in [0.5, 0.6) is 0 Å². The third kappa shape index (κ3) is 3.43. The molecule has 1 saturated heterocycles. The fourth-order valence-corrected chi connectivity index (χ4v) is 3.30. The highest BCUT2D eigenvalue weighted by Gasteiger charge is 2.20. The standard InChI is InChI=1S/C18H26N4O2/c1-3-7-21(8-4-2)18(23)14-11-16-17(19-12-14)22(13-20-16)15-5-9-24-10-6-15/h11-13,15H,3-10H2,1-2H3. The molecule has 0 unspecified atom stereocenters. The van der Waals surface area contributed by atoms with Crippen LogP contribution < -0.4 is 0 Å². The number of hydrogen-bond acceptors (Lipinski definition) is 4. The molecule has 0 aliphatic carbocycles. The van der Waals surface area contributed by atoms with Crippen LogP contribution in [0.4, 0.5) is 0 Å². The van der Waals surface area contributed by atoms with Gasteiger partial charge in [0.05, 0.1) is 11.9 Å². The maximum Gasteiger partial charge on any atom is 0.255 e. The average molecular weight is 330 g/mol. The van der Waals surface area contributed by atoms with Crippen molar-refractivity contribution in [2.75, 3.05) is 26.3 Å². The molecule has 1 aliphatic rings. The van der Waals surface area contributed by atoms with Crippen LogP contribution >= 0.6 is 0 Å². The van der Waals surface area contributed by atoms with E-state index in [2.05, 4.69) is 28.4 Å². The van der Waals surface area contributed by atoms with Gasteiger partial charge in [0.25, 0.3) is 5.91 Å². The van der Waals surface area contributed by atoms with Gasteiger partial charge in [-0.1, -0.05) is 13.8 Å². The van der Waals surface area contributed by atoms with Crippen LogP contribution in [0.3, 0.4) is 0 Å². The van der Waals surface area contributed by atoms with Gasteiger partial charge in [0.2, 0.25) is 0 Å². The highest BCUT2D eigenvalue weighted by atomic mass is 16.5. The largest absolute Gasteiger partial charge is 0.381 e. The zero-order valence-electron chi connectivity index (χ0n) is 14.6. The molecule has 24 heavy (non-hydrogen) atoms. The monoisotopic (exact) mass is 330 g/mol. The molecule has 0 saturated carbocycles. The van der Waals surface area contributed by atoms with E-state index in [4.69, 9.17) is 4.74 Å². The predicted octanol–water partition coefficient (Wildman–Crippen LogP) is 3.05. The number of fused-ring (bicyclic) bond motifs is 1. The summed E-state index contributed by atoms with van der Waals surface area (Å²) in [4.78, 5) is 23.6. The Morgan fingerprint density at radius 3 is 2.62 bits per heavy atom. The minimum atomic E-state index is 0.0497. The fourth-order valence-electron chi connectivity index (χ4n) is 3.30. The number of nitrogens with zero attached hydrogens (tertiary/aromatic N) is 4. The summed E-state index contributed by atoms with van der Waals surface area (Å²) in [6, 6.07) is 2.26. The van der Waals surface area contributed by atoms with Crippen LogP contribution in [0.15, 0.2) is 18.6 Å². The van der Waals surface area contributed by atoms with E-state index in [1.807, 2.05) is 17.3 Å². The molecule has 1 fully saturated rings. The lowest BCUT2D eigenvalue weighted by molar-refractivity contribution is 0.0704. The molecule has 0 atom stereocenters. The molecule has 1 aliphatic heterocycles. The molecule has 0 radical (unpaired) electrons. The lowest BCUT2D eigenvalue weighted by Crippen LogP contribution is -2.32. The Bertz CT molecular complexity index is 685. The maximum absolute atomic E-state index is 12.7. The molecule has 1 amide bonds. The van der Waals surface area contributed by atoms with Gasteiger partial charge in [-0.2, -0.15) is 0 Å². The molecule has 6 nitrogen and oxygen atoms in total. The molecule has 0 spiro atoms. The van der Waals surface area contributed by atoms with Crippen molar-refractivity contribution in [1.82, 2.24) is 19.4 Å². The zero-order valence-corrected chi connectivity index (χ0v) is 14.6. The predicted molar refractivity (Wildman–Crippen MR) is 93.1 cm³/mol. The summed E-state index contributed by atoms with van der Waals surface area (Å²) in [7, 11) is 0. The molecule has 3 heterocycles. The Morgan fingerprint density at radius 2 is 1.96 bits per heavy atom. The summed E-state index contributed by atoms with van der Waals surface area (Å²) in [5, 5.41) is 0. The Morgan fingerprint density at radius 1 is 1.25 bits per heavy atom. The van der Waals surface area contributed by atoms with Crippen molar-refractivity contribution in [3.63, 3.8) is 0 Å². The van der Waals surface area contributed by atoms with Gasteiger partial charge in [0.15, 0.2) is 5.65 Å². The molecule has 130 valence electrons. The normalized spacial score (nSPS) is 15.8. The Labute approximate surface area is 142 Å². The van der Waals surface area contributed by atoms with Crippen molar-refractivity contribution in [3.8, 4) is 0 Å². The number of aromatic nitrogens is 3. The number of hydrogen-bond donors (Lipinski definition) is 0. The van der Waals surface area contributed by atoms with E-state index < -0.39 is 0 Å². The number of rotatable bonds is 6. The third-order valence-corrected chi connectivity index (χ3v) is 4.52. The van der Waals surface area contributed by atoms with E-state index in [9.17, 15) is 4.79 Å². The molecule has 2 aromatic heterocycles. The van der Waals surface area contributed by atoms with Gasteiger partial charge in [-0.25, -0.2) is 9.97 Å². The lowest BCUT2D eigenvalue weighted by Gasteiger charge is -2.23. The number of pyridine rings is 1. The molecule has 0 bridgehead atoms. The van der Waals surface area contributed by atoms with E-state index in [-0.39, 0.29) is 5.91 Å². The number of carbonyl (C=O) groups excluding carboxylic acids is 1. The second kappa shape index (κ2) is 7.75. The Balaban J connectivity index is 1.85. The number of ether oxygens (including phenoxy) is 1. The highest BCUT2D eigenvalue weighted by molar-refractivity contribution is 5.96. The summed E-state index contributed by atoms with van der Waals surface area (Å²) in [5.74, 6) is 0.0497. The molecule has 3 rings (SSSR count). The minimum Gasteiger partial charge on any atom is -0.381 e. The smallest absolute Gasteiger partial charge is 0.255 e. The van der Waals surface area contributed by atoms with Crippen molar-refractivity contribution in [1.29, 1.82) is 0 Å². The van der Waals surface area contributed by atoms with Crippen molar-refractivity contribution >= 4 is 17.1 Å². The van der Waals surface area contributed by atoms with Gasteiger partial charge >= 0.3 is 0 Å². The summed E-state index contributed by atoms with van der Waals surface area (Å²) in [6.07, 6.45) is 7.42. The van der Waals surface area contributed by atoms with E-state index in [1.165, 1.54) is 0 Å². The van der Waals surface area contributed by atoms with E-state index >= 15 is 0 Å². The first-order chi connectivity index (χ1) is 11.7. The second-order valence-electron chi connectivity index (χ2n) is 6.35. The fraction of sp³-hybridized carbons (Fsp3) is 0.611. The van der Waals surface area contributed by atoms with E-state index in [1.54, 1.807) is 6.20 Å². The Kier molecular flexibility index (Phi) is 5.45. The maximum atomic E-state index is 12.7. The summed E-state index contributed by atoms with van der Waals surface area (Å²) >= 11 is 0. The number of carbonyl (C=O) groups is 1. The highest BCUT2D eigenvalue weighted by Crippen LogP contribution is 2.25. The van der Waals surface area contributed by atoms with Gasteiger partial charge in [-0.3, -0.25) is 4.79 Å². The number of amides is 1. The first-order valence-corrected chi connectivity index (χ1v) is 8.94. The zero-order chi connectivity index (χ0) is 16.9. The molecular weight excluding hydrogens is 304 g/mol. The quantitative estimate of drug-likeness (QED) is 0.817. The SMILES string of the molecule is CCCN(CCC)C(=O)c1cnc2c(c1)ncn2C1CCOCC1. The van der Waals surface area contributed by atoms with Crippen molar-refractivity contribution < 1.29 is 9.53 Å². The van der Waals surface area contributed by atoms with Gasteiger partial charge < -0.3 is 14.2 Å². The molecular formula is C18H26N4O2. The van der Waals surface area contributed by atoms with Crippen LogP contribution in [0.1, 0.15) is 55.9 Å². The lowest BCUT2D eigenvalue weighted by atomic mass is 10.1. The first-order valence-electron chi connectivity index (χ1n) is 8.94. The Hall–Kier alpha value is -1.95. The van der Waals surface area contributed by atoms with Crippen LogP contribution in [-0.2, 0) is 4.74 Å². The van der Waals surface area contributed by atoms with Crippen LogP contribution in [-0.4, -0.2) is 51.6 Å². The van der Waals surface area contributed by atoms with Crippen molar-refractivity contribution in [2.45, 2.75) is 45.6 Å². The van der Waals surface area contributed by atoms with Gasteiger partial charge in [0.1, 0.15) is 5.52 Å². The second-order valence-corrected chi connectivity index (χ2v) is 6.35. The van der Waals surface area contributed by atoms with Gasteiger partial charge in [0, 0.05) is 38.5 Å². The third-order valence-electron chi connectivity index (χ3n) is 4.52. The van der Waals surface area contributed by atoms with Crippen molar-refractivity contribution in [3.05, 3.63) is 24.2 Å². The molecule has 6 heteroatoms. The molecule has 2 aromatic rings.